The van der Waals surface area contributed by atoms with Crippen molar-refractivity contribution in [2.24, 2.45) is 5.92 Å². The number of hydrogen-bond acceptors (Lipinski definition) is 4. The third-order valence-electron chi connectivity index (χ3n) is 6.50. The highest BCUT2D eigenvalue weighted by molar-refractivity contribution is 5.85. The third-order valence-corrected chi connectivity index (χ3v) is 6.50. The average molecular weight is 515 g/mol. The Bertz CT molecular complexity index is 1580. The van der Waals surface area contributed by atoms with Crippen LogP contribution in [0.3, 0.4) is 0 Å². The minimum atomic E-state index is -3.50. The summed E-state index contributed by atoms with van der Waals surface area (Å²) in [6.45, 7) is 4.32. The summed E-state index contributed by atoms with van der Waals surface area (Å²) >= 11 is 0. The van der Waals surface area contributed by atoms with Crippen LogP contribution < -0.4 is 10.1 Å². The maximum absolute atomic E-state index is 13.8. The molecule has 3 aromatic carbocycles. The molecule has 0 unspecified atom stereocenters. The fraction of sp³-hybridized carbons (Fsp3) is 0.233. The molecule has 2 heterocycles. The van der Waals surface area contributed by atoms with Gasteiger partial charge in [0, 0.05) is 23.9 Å². The second-order valence-corrected chi connectivity index (χ2v) is 9.74. The number of rotatable bonds is 8. The minimum absolute atomic E-state index is 0.180. The van der Waals surface area contributed by atoms with Crippen LogP contribution in [-0.4, -0.2) is 32.6 Å². The predicted octanol–water partition coefficient (Wildman–Crippen LogP) is 6.49. The number of hydrogen-bond donors (Lipinski definition) is 1. The van der Waals surface area contributed by atoms with E-state index in [0.29, 0.717) is 12.7 Å². The van der Waals surface area contributed by atoms with Gasteiger partial charge in [0.25, 0.3) is 5.91 Å². The van der Waals surface area contributed by atoms with E-state index in [2.05, 4.69) is 15.4 Å². The number of ether oxygens (including phenoxy) is 1. The molecule has 0 aliphatic carbocycles. The van der Waals surface area contributed by atoms with Gasteiger partial charge in [0.2, 0.25) is 0 Å². The first-order valence-electron chi connectivity index (χ1n) is 12.4. The number of aromatic nitrogens is 3. The van der Waals surface area contributed by atoms with Crippen LogP contribution in [0.1, 0.15) is 32.4 Å². The van der Waals surface area contributed by atoms with E-state index in [0.717, 1.165) is 33.1 Å². The Kier molecular flexibility index (Phi) is 6.80. The first-order valence-corrected chi connectivity index (χ1v) is 12.4. The van der Waals surface area contributed by atoms with Gasteiger partial charge in [-0.3, -0.25) is 9.78 Å². The molecular formula is C30H28F2N4O2. The van der Waals surface area contributed by atoms with Gasteiger partial charge in [-0.05, 0) is 53.9 Å². The lowest BCUT2D eigenvalue weighted by atomic mass is 9.92. The first-order chi connectivity index (χ1) is 18.2. The summed E-state index contributed by atoms with van der Waals surface area (Å²) in [7, 11) is 0. The lowest BCUT2D eigenvalue weighted by Gasteiger charge is -2.32. The number of nitrogens with one attached hydrogen (secondary N) is 1. The Morgan fingerprint density at radius 3 is 2.50 bits per heavy atom. The minimum Gasteiger partial charge on any atom is -0.484 e. The van der Waals surface area contributed by atoms with Crippen molar-refractivity contribution in [2.45, 2.75) is 38.8 Å². The molecule has 0 radical (unpaired) electrons. The molecule has 6 nitrogen and oxygen atoms in total. The molecule has 1 N–H and O–H groups in total. The van der Waals surface area contributed by atoms with E-state index in [4.69, 9.17) is 4.74 Å². The van der Waals surface area contributed by atoms with E-state index in [1.165, 1.54) is 0 Å². The van der Waals surface area contributed by atoms with Crippen molar-refractivity contribution in [3.8, 4) is 11.4 Å². The van der Waals surface area contributed by atoms with Crippen LogP contribution in [0.15, 0.2) is 91.3 Å². The molecule has 5 aromatic rings. The summed E-state index contributed by atoms with van der Waals surface area (Å²) in [5, 5.41) is 8.96. The van der Waals surface area contributed by atoms with Crippen molar-refractivity contribution in [2.75, 3.05) is 0 Å². The Balaban J connectivity index is 1.48. The molecule has 0 bridgehead atoms. The second-order valence-electron chi connectivity index (χ2n) is 9.74. The number of carbonyl (C=O) groups is 1. The molecule has 1 amide bonds. The van der Waals surface area contributed by atoms with Crippen LogP contribution in [0, 0.1) is 5.92 Å². The monoisotopic (exact) mass is 514 g/mol. The van der Waals surface area contributed by atoms with E-state index < -0.39 is 24.0 Å². The number of amides is 1. The molecule has 194 valence electrons. The maximum Gasteiger partial charge on any atom is 0.321 e. The van der Waals surface area contributed by atoms with Crippen molar-refractivity contribution in [3.63, 3.8) is 0 Å². The fourth-order valence-corrected chi connectivity index (χ4v) is 4.49. The SMILES string of the molecule is CC(C)[C@H](NC(=O)C(C)(F)F)[C@H](Oc1ccc2c(cnn2-c2ccc3ncccc3c2)c1)c1ccccc1. The van der Waals surface area contributed by atoms with Crippen LogP contribution >= 0.6 is 0 Å². The fourth-order valence-electron chi connectivity index (χ4n) is 4.49. The number of benzene rings is 3. The smallest absolute Gasteiger partial charge is 0.321 e. The number of fused-ring (bicyclic) bond motifs is 2. The lowest BCUT2D eigenvalue weighted by molar-refractivity contribution is -0.145. The van der Waals surface area contributed by atoms with E-state index in [-0.39, 0.29) is 5.92 Å². The van der Waals surface area contributed by atoms with E-state index in [1.54, 1.807) is 12.4 Å². The molecular weight excluding hydrogens is 486 g/mol. The summed E-state index contributed by atoms with van der Waals surface area (Å²) in [6.07, 6.45) is 2.83. The Morgan fingerprint density at radius 1 is 0.974 bits per heavy atom. The lowest BCUT2D eigenvalue weighted by Crippen LogP contribution is -2.49. The molecule has 8 heteroatoms. The van der Waals surface area contributed by atoms with E-state index >= 15 is 0 Å². The van der Waals surface area contributed by atoms with Crippen molar-refractivity contribution in [3.05, 3.63) is 96.8 Å². The van der Waals surface area contributed by atoms with Crippen LogP contribution in [0.5, 0.6) is 5.75 Å². The molecule has 0 saturated heterocycles. The van der Waals surface area contributed by atoms with E-state index in [9.17, 15) is 13.6 Å². The van der Waals surface area contributed by atoms with Gasteiger partial charge in [-0.2, -0.15) is 13.9 Å². The standard InChI is InChI=1S/C30H28F2N4O2/c1-19(2)27(35-29(37)30(3,31)32)28(20-8-5-4-6-9-20)38-24-12-14-26-22(17-24)18-34-36(26)23-11-13-25-21(16-23)10-7-15-33-25/h4-19,27-28H,1-3H3,(H,35,37)/t27-,28+/m0/s1. The molecule has 2 aromatic heterocycles. The van der Waals surface area contributed by atoms with Gasteiger partial charge in [-0.15, -0.1) is 0 Å². The van der Waals surface area contributed by atoms with Crippen LogP contribution in [0.4, 0.5) is 8.78 Å². The highest BCUT2D eigenvalue weighted by atomic mass is 19.3. The first kappa shape index (κ1) is 25.3. The van der Waals surface area contributed by atoms with Gasteiger partial charge >= 0.3 is 5.92 Å². The molecule has 0 spiro atoms. The molecule has 0 aliphatic heterocycles. The summed E-state index contributed by atoms with van der Waals surface area (Å²) in [5.41, 5.74) is 3.46. The zero-order chi connectivity index (χ0) is 26.9. The number of alkyl halides is 2. The molecule has 0 aliphatic rings. The summed E-state index contributed by atoms with van der Waals surface area (Å²) in [5.74, 6) is -4.47. The summed E-state index contributed by atoms with van der Waals surface area (Å²) < 4.78 is 35.8. The van der Waals surface area contributed by atoms with Crippen molar-refractivity contribution in [1.29, 1.82) is 0 Å². The number of halogens is 2. The van der Waals surface area contributed by atoms with Gasteiger partial charge in [0.15, 0.2) is 0 Å². The number of pyridine rings is 1. The van der Waals surface area contributed by atoms with Crippen molar-refractivity contribution < 1.29 is 18.3 Å². The zero-order valence-electron chi connectivity index (χ0n) is 21.3. The van der Waals surface area contributed by atoms with Crippen LogP contribution in [-0.2, 0) is 4.79 Å². The molecule has 2 atom stereocenters. The number of carbonyl (C=O) groups excluding carboxylic acids is 1. The van der Waals surface area contributed by atoms with Crippen LogP contribution in [0.2, 0.25) is 0 Å². The highest BCUT2D eigenvalue weighted by Crippen LogP contribution is 2.32. The highest BCUT2D eigenvalue weighted by Gasteiger charge is 2.37. The topological polar surface area (TPSA) is 69.0 Å². The van der Waals surface area contributed by atoms with Gasteiger partial charge in [-0.1, -0.05) is 50.2 Å². The van der Waals surface area contributed by atoms with E-state index in [1.807, 2.05) is 97.4 Å². The largest absolute Gasteiger partial charge is 0.484 e. The van der Waals surface area contributed by atoms with Gasteiger partial charge in [-0.25, -0.2) is 4.68 Å². The van der Waals surface area contributed by atoms with Crippen molar-refractivity contribution >= 4 is 27.7 Å². The Hall–Kier alpha value is -4.33. The van der Waals surface area contributed by atoms with Gasteiger partial charge in [0.1, 0.15) is 11.9 Å². The maximum atomic E-state index is 13.8. The second kappa shape index (κ2) is 10.2. The molecule has 38 heavy (non-hydrogen) atoms. The number of nitrogens with zero attached hydrogens (tertiary/aromatic N) is 3. The molecule has 0 fully saturated rings. The van der Waals surface area contributed by atoms with Gasteiger partial charge in [0.05, 0.1) is 29.0 Å². The Morgan fingerprint density at radius 2 is 1.76 bits per heavy atom. The molecule has 0 saturated carbocycles. The summed E-state index contributed by atoms with van der Waals surface area (Å²) in [4.78, 5) is 16.6. The summed E-state index contributed by atoms with van der Waals surface area (Å²) in [6, 6.07) is 24.1. The third kappa shape index (κ3) is 5.20. The van der Waals surface area contributed by atoms with Gasteiger partial charge < -0.3 is 10.1 Å². The predicted molar refractivity (Wildman–Crippen MR) is 144 cm³/mol. The molecule has 5 rings (SSSR count). The zero-order valence-corrected chi connectivity index (χ0v) is 21.3. The van der Waals surface area contributed by atoms with Crippen LogP contribution in [0.25, 0.3) is 27.5 Å². The average Bonchev–Trinajstić information content (AvgIpc) is 3.33. The van der Waals surface area contributed by atoms with Crippen molar-refractivity contribution in [1.82, 2.24) is 20.1 Å². The normalized spacial score (nSPS) is 13.5. The Labute approximate surface area is 219 Å². The quantitative estimate of drug-likeness (QED) is 0.257.